The maximum absolute atomic E-state index is 12.3. The maximum atomic E-state index is 12.3. The summed E-state index contributed by atoms with van der Waals surface area (Å²) in [5, 5.41) is 9.96. The Kier molecular flexibility index (Phi) is 4.16. The van der Waals surface area contributed by atoms with Gasteiger partial charge in [-0.1, -0.05) is 18.3 Å². The molecule has 0 aliphatic carbocycles. The molecule has 1 N–H and O–H groups in total. The first kappa shape index (κ1) is 14.4. The van der Waals surface area contributed by atoms with E-state index in [4.69, 9.17) is 0 Å². The lowest BCUT2D eigenvalue weighted by molar-refractivity contribution is -0.114. The number of rotatable bonds is 3. The van der Waals surface area contributed by atoms with Crippen LogP contribution in [0, 0.1) is 5.92 Å². The Bertz CT molecular complexity index is 561. The third-order valence-corrected chi connectivity index (χ3v) is 6.08. The van der Waals surface area contributed by atoms with Crippen LogP contribution >= 0.6 is 11.3 Å². The number of carbonyl (C=O) groups is 1. The van der Waals surface area contributed by atoms with Gasteiger partial charge in [-0.25, -0.2) is 8.42 Å². The summed E-state index contributed by atoms with van der Waals surface area (Å²) < 4.78 is 26.0. The summed E-state index contributed by atoms with van der Waals surface area (Å²) in [6.45, 7) is 4.47. The number of anilines is 1. The summed E-state index contributed by atoms with van der Waals surface area (Å²) in [5.74, 6) is 0.253. The van der Waals surface area contributed by atoms with Gasteiger partial charge >= 0.3 is 0 Å². The fourth-order valence-corrected chi connectivity index (χ4v) is 4.40. The predicted octanol–water partition coefficient (Wildman–Crippen LogP) is 0.917. The predicted molar refractivity (Wildman–Crippen MR) is 71.4 cm³/mol. The second-order valence-electron chi connectivity index (χ2n) is 4.64. The van der Waals surface area contributed by atoms with Crippen LogP contribution in [0.25, 0.3) is 0 Å². The van der Waals surface area contributed by atoms with Crippen LogP contribution in [0.15, 0.2) is 4.34 Å². The van der Waals surface area contributed by atoms with E-state index in [0.717, 1.165) is 24.2 Å². The van der Waals surface area contributed by atoms with Crippen molar-refractivity contribution in [3.05, 3.63) is 0 Å². The van der Waals surface area contributed by atoms with Gasteiger partial charge in [0.1, 0.15) is 0 Å². The van der Waals surface area contributed by atoms with E-state index in [0.29, 0.717) is 19.0 Å². The van der Waals surface area contributed by atoms with Gasteiger partial charge in [0.25, 0.3) is 10.0 Å². The topological polar surface area (TPSA) is 92.3 Å². The number of carbonyl (C=O) groups excluding carboxylic acids is 1. The number of hydrogen-bond acceptors (Lipinski definition) is 6. The molecule has 1 aliphatic heterocycles. The van der Waals surface area contributed by atoms with Crippen LogP contribution in [0.5, 0.6) is 0 Å². The first-order valence-corrected chi connectivity index (χ1v) is 8.26. The van der Waals surface area contributed by atoms with E-state index < -0.39 is 10.0 Å². The number of aromatic nitrogens is 2. The molecule has 0 bridgehead atoms. The largest absolute Gasteiger partial charge is 0.301 e. The molecule has 1 aliphatic rings. The number of hydrogen-bond donors (Lipinski definition) is 1. The van der Waals surface area contributed by atoms with Crippen LogP contribution in [0.3, 0.4) is 0 Å². The summed E-state index contributed by atoms with van der Waals surface area (Å²) in [6.07, 6.45) is 1.72. The highest BCUT2D eigenvalue weighted by Crippen LogP contribution is 2.26. The molecule has 0 saturated carbocycles. The minimum atomic E-state index is -3.57. The molecule has 1 aromatic heterocycles. The fraction of sp³-hybridized carbons (Fsp3) is 0.700. The number of amides is 1. The summed E-state index contributed by atoms with van der Waals surface area (Å²) in [5.41, 5.74) is 0. The molecule has 106 valence electrons. The molecule has 0 spiro atoms. The highest BCUT2D eigenvalue weighted by Gasteiger charge is 2.31. The third kappa shape index (κ3) is 3.28. The molecule has 0 radical (unpaired) electrons. The standard InChI is InChI=1S/C10H16N4O3S2/c1-7-3-5-14(6-4-7)19(16,17)10-13-12-9(18-10)11-8(2)15/h7H,3-6H2,1-2H3,(H,11,12,15). The van der Waals surface area contributed by atoms with Crippen LogP contribution in [-0.4, -0.2) is 41.9 Å². The van der Waals surface area contributed by atoms with Crippen LogP contribution in [0.2, 0.25) is 0 Å². The SMILES string of the molecule is CC(=O)Nc1nnc(S(=O)(=O)N2CCC(C)CC2)s1. The van der Waals surface area contributed by atoms with Crippen LogP contribution in [0.1, 0.15) is 26.7 Å². The van der Waals surface area contributed by atoms with Crippen LogP contribution in [0.4, 0.5) is 5.13 Å². The van der Waals surface area contributed by atoms with Crippen molar-refractivity contribution in [3.8, 4) is 0 Å². The Morgan fingerprint density at radius 3 is 2.58 bits per heavy atom. The average molecular weight is 304 g/mol. The van der Waals surface area contributed by atoms with Crippen molar-refractivity contribution >= 4 is 32.4 Å². The number of piperidine rings is 1. The maximum Gasteiger partial charge on any atom is 0.272 e. The molecule has 1 aromatic rings. The second-order valence-corrected chi connectivity index (χ2v) is 7.73. The molecule has 0 unspecified atom stereocenters. The summed E-state index contributed by atoms with van der Waals surface area (Å²) in [7, 11) is -3.57. The fourth-order valence-electron chi connectivity index (χ4n) is 1.85. The average Bonchev–Trinajstić information content (AvgIpc) is 2.78. The zero-order valence-electron chi connectivity index (χ0n) is 10.8. The molecule has 1 saturated heterocycles. The molecule has 1 amide bonds. The summed E-state index contributed by atoms with van der Waals surface area (Å²) >= 11 is 0.879. The summed E-state index contributed by atoms with van der Waals surface area (Å²) in [6, 6.07) is 0. The second kappa shape index (κ2) is 5.51. The van der Waals surface area contributed by atoms with Crippen LogP contribution in [-0.2, 0) is 14.8 Å². The van der Waals surface area contributed by atoms with Gasteiger partial charge in [0.05, 0.1) is 0 Å². The molecule has 2 heterocycles. The minimum Gasteiger partial charge on any atom is -0.301 e. The molecule has 1 fully saturated rings. The number of sulfonamides is 1. The van der Waals surface area contributed by atoms with E-state index in [9.17, 15) is 13.2 Å². The molecular formula is C10H16N4O3S2. The van der Waals surface area contributed by atoms with Gasteiger partial charge < -0.3 is 5.32 Å². The van der Waals surface area contributed by atoms with E-state index in [1.54, 1.807) is 0 Å². The zero-order valence-corrected chi connectivity index (χ0v) is 12.4. The van der Waals surface area contributed by atoms with Crippen molar-refractivity contribution in [3.63, 3.8) is 0 Å². The number of nitrogens with zero attached hydrogens (tertiary/aromatic N) is 3. The van der Waals surface area contributed by atoms with Gasteiger partial charge in [0.15, 0.2) is 0 Å². The molecule has 0 atom stereocenters. The Morgan fingerprint density at radius 1 is 1.37 bits per heavy atom. The van der Waals surface area contributed by atoms with Gasteiger partial charge in [0.2, 0.25) is 15.4 Å². The highest BCUT2D eigenvalue weighted by atomic mass is 32.2. The molecule has 9 heteroatoms. The van der Waals surface area contributed by atoms with Crippen molar-refractivity contribution in [2.24, 2.45) is 5.92 Å². The van der Waals surface area contributed by atoms with Gasteiger partial charge in [-0.2, -0.15) is 4.31 Å². The number of nitrogens with one attached hydrogen (secondary N) is 1. The minimum absolute atomic E-state index is 0.0641. The lowest BCUT2D eigenvalue weighted by Gasteiger charge is -2.28. The van der Waals surface area contributed by atoms with Gasteiger partial charge in [-0.15, -0.1) is 10.2 Å². The van der Waals surface area contributed by atoms with Crippen molar-refractivity contribution < 1.29 is 13.2 Å². The third-order valence-electron chi connectivity index (χ3n) is 2.99. The quantitative estimate of drug-likeness (QED) is 0.838. The molecule has 2 rings (SSSR count). The first-order valence-electron chi connectivity index (χ1n) is 6.01. The first-order chi connectivity index (χ1) is 8.89. The van der Waals surface area contributed by atoms with Crippen molar-refractivity contribution in [1.82, 2.24) is 14.5 Å². The highest BCUT2D eigenvalue weighted by molar-refractivity contribution is 7.91. The van der Waals surface area contributed by atoms with Gasteiger partial charge in [-0.3, -0.25) is 4.79 Å². The molecule has 0 aromatic carbocycles. The monoisotopic (exact) mass is 304 g/mol. The summed E-state index contributed by atoms with van der Waals surface area (Å²) in [4.78, 5) is 10.9. The Hall–Kier alpha value is -1.06. The molecule has 7 nitrogen and oxygen atoms in total. The van der Waals surface area contributed by atoms with E-state index in [1.807, 2.05) is 0 Å². The van der Waals surface area contributed by atoms with E-state index in [1.165, 1.54) is 11.2 Å². The van der Waals surface area contributed by atoms with Gasteiger partial charge in [-0.05, 0) is 18.8 Å². The lowest BCUT2D eigenvalue weighted by atomic mass is 10.0. The Morgan fingerprint density at radius 2 is 2.00 bits per heavy atom. The van der Waals surface area contributed by atoms with Crippen molar-refractivity contribution in [1.29, 1.82) is 0 Å². The Labute approximate surface area is 116 Å². The lowest BCUT2D eigenvalue weighted by Crippen LogP contribution is -2.37. The Balaban J connectivity index is 2.15. The smallest absolute Gasteiger partial charge is 0.272 e. The molecular weight excluding hydrogens is 288 g/mol. The van der Waals surface area contributed by atoms with Crippen molar-refractivity contribution in [2.45, 2.75) is 31.0 Å². The normalized spacial score (nSPS) is 18.4. The van der Waals surface area contributed by atoms with E-state index in [2.05, 4.69) is 22.4 Å². The zero-order chi connectivity index (χ0) is 14.0. The van der Waals surface area contributed by atoms with Crippen LogP contribution < -0.4 is 5.32 Å². The van der Waals surface area contributed by atoms with Crippen molar-refractivity contribution in [2.75, 3.05) is 18.4 Å². The van der Waals surface area contributed by atoms with Gasteiger partial charge in [0, 0.05) is 20.0 Å². The molecule has 19 heavy (non-hydrogen) atoms. The van der Waals surface area contributed by atoms with E-state index in [-0.39, 0.29) is 15.4 Å². The van der Waals surface area contributed by atoms with E-state index >= 15 is 0 Å².